The minimum Gasteiger partial charge on any atom is -0.328 e. The van der Waals surface area contributed by atoms with E-state index in [-0.39, 0.29) is 25.2 Å². The number of fused-ring (bicyclic) bond motifs is 4. The second-order valence-electron chi connectivity index (χ2n) is 7.04. The van der Waals surface area contributed by atoms with Gasteiger partial charge in [0.05, 0.1) is 12.4 Å². The Hall–Kier alpha value is -2.87. The average molecular weight is 384 g/mol. The number of amides is 2. The van der Waals surface area contributed by atoms with Crippen molar-refractivity contribution >= 4 is 39.2 Å². The normalized spacial score (nSPS) is 17.2. The Morgan fingerprint density at radius 1 is 1.30 bits per heavy atom. The number of anilines is 1. The highest BCUT2D eigenvalue weighted by atomic mass is 32.1. The number of nitrogens with one attached hydrogen (secondary N) is 1. The molecule has 1 aromatic carbocycles. The molecule has 1 saturated carbocycles. The third-order valence-corrected chi connectivity index (χ3v) is 6.12. The van der Waals surface area contributed by atoms with Gasteiger partial charge in [0.1, 0.15) is 6.54 Å². The highest BCUT2D eigenvalue weighted by Gasteiger charge is 2.52. The Bertz CT molecular complexity index is 1080. The van der Waals surface area contributed by atoms with E-state index in [1.165, 1.54) is 4.70 Å². The van der Waals surface area contributed by atoms with Crippen LogP contribution in [-0.2, 0) is 10.2 Å². The lowest BCUT2D eigenvalue weighted by molar-refractivity contribution is -0.117. The summed E-state index contributed by atoms with van der Waals surface area (Å²) < 4.78 is 14.1. The number of carbonyl (C=O) groups excluding carboxylic acids is 2. The summed E-state index contributed by atoms with van der Waals surface area (Å²) in [7, 11) is 0. The topological polar surface area (TPSA) is 75.2 Å². The predicted molar refractivity (Wildman–Crippen MR) is 101 cm³/mol. The van der Waals surface area contributed by atoms with Crippen LogP contribution in [0.4, 0.5) is 10.3 Å². The summed E-state index contributed by atoms with van der Waals surface area (Å²) in [6.07, 6.45) is 4.00. The number of halogens is 1. The summed E-state index contributed by atoms with van der Waals surface area (Å²) in [5, 5.41) is 5.72. The van der Waals surface area contributed by atoms with Gasteiger partial charge in [-0.25, -0.2) is 14.4 Å². The molecule has 27 heavy (non-hydrogen) atoms. The molecule has 2 aromatic heterocycles. The SMILES string of the molecule is O=C(CN1CC2(CC2)c2c(ccc3sccc23)C1=O)Nc1ncc(F)cn1.[HH]. The summed E-state index contributed by atoms with van der Waals surface area (Å²) in [6.45, 7) is 0.452. The zero-order chi connectivity index (χ0) is 18.6. The van der Waals surface area contributed by atoms with Gasteiger partial charge in [-0.2, -0.15) is 0 Å². The van der Waals surface area contributed by atoms with Gasteiger partial charge in [-0.15, -0.1) is 11.3 Å². The highest BCUT2D eigenvalue weighted by Crippen LogP contribution is 2.54. The molecule has 5 rings (SSSR count). The molecule has 8 heteroatoms. The molecule has 0 radical (unpaired) electrons. The molecule has 0 unspecified atom stereocenters. The smallest absolute Gasteiger partial charge is 0.254 e. The van der Waals surface area contributed by atoms with Gasteiger partial charge in [0.15, 0.2) is 5.82 Å². The number of carbonyl (C=O) groups is 2. The number of benzene rings is 1. The van der Waals surface area contributed by atoms with Gasteiger partial charge < -0.3 is 4.90 Å². The molecule has 3 heterocycles. The van der Waals surface area contributed by atoms with Gasteiger partial charge in [-0.3, -0.25) is 14.9 Å². The molecule has 1 aliphatic heterocycles. The van der Waals surface area contributed by atoms with Crippen molar-refractivity contribution in [1.82, 2.24) is 14.9 Å². The van der Waals surface area contributed by atoms with E-state index >= 15 is 0 Å². The number of thiophene rings is 1. The van der Waals surface area contributed by atoms with Crippen molar-refractivity contribution in [2.75, 3.05) is 18.4 Å². The monoisotopic (exact) mass is 384 g/mol. The zero-order valence-electron chi connectivity index (χ0n) is 14.2. The van der Waals surface area contributed by atoms with E-state index in [1.807, 2.05) is 17.5 Å². The van der Waals surface area contributed by atoms with Crippen LogP contribution in [0.5, 0.6) is 0 Å². The fourth-order valence-electron chi connectivity index (χ4n) is 3.88. The first-order chi connectivity index (χ1) is 13.1. The Balaban J connectivity index is 0.00000192. The summed E-state index contributed by atoms with van der Waals surface area (Å²) in [4.78, 5) is 34.4. The fourth-order valence-corrected chi connectivity index (χ4v) is 4.68. The molecule has 6 nitrogen and oxygen atoms in total. The van der Waals surface area contributed by atoms with Gasteiger partial charge in [0.2, 0.25) is 11.9 Å². The number of nitrogens with zero attached hydrogens (tertiary/aromatic N) is 3. The van der Waals surface area contributed by atoms with Gasteiger partial charge in [0.25, 0.3) is 5.91 Å². The first-order valence-electron chi connectivity index (χ1n) is 8.63. The van der Waals surface area contributed by atoms with E-state index in [9.17, 15) is 14.0 Å². The van der Waals surface area contributed by atoms with Crippen LogP contribution in [0.3, 0.4) is 0 Å². The van der Waals surface area contributed by atoms with Crippen molar-refractivity contribution in [2.45, 2.75) is 18.3 Å². The van der Waals surface area contributed by atoms with Crippen LogP contribution < -0.4 is 5.32 Å². The second-order valence-corrected chi connectivity index (χ2v) is 7.98. The van der Waals surface area contributed by atoms with Crippen molar-refractivity contribution in [3.8, 4) is 0 Å². The molecule has 138 valence electrons. The van der Waals surface area contributed by atoms with Crippen LogP contribution in [0.1, 0.15) is 30.2 Å². The van der Waals surface area contributed by atoms with Gasteiger partial charge in [0, 0.05) is 23.6 Å². The van der Waals surface area contributed by atoms with Crippen LogP contribution >= 0.6 is 11.3 Å². The van der Waals surface area contributed by atoms with Gasteiger partial charge >= 0.3 is 0 Å². The first-order valence-corrected chi connectivity index (χ1v) is 9.51. The molecular formula is C19H17FN4O2S. The Morgan fingerprint density at radius 2 is 2.07 bits per heavy atom. The maximum Gasteiger partial charge on any atom is 0.254 e. The first kappa shape index (κ1) is 16.3. The van der Waals surface area contributed by atoms with Gasteiger partial charge in [-0.05, 0) is 47.4 Å². The molecule has 1 spiro atoms. The average Bonchev–Trinajstić information content (AvgIpc) is 3.24. The van der Waals surface area contributed by atoms with Crippen LogP contribution in [-0.4, -0.2) is 39.8 Å². The van der Waals surface area contributed by atoms with Crippen LogP contribution in [0, 0.1) is 5.82 Å². The molecule has 1 aliphatic carbocycles. The lowest BCUT2D eigenvalue weighted by Gasteiger charge is -2.34. The molecule has 2 amide bonds. The van der Waals surface area contributed by atoms with Crippen molar-refractivity contribution in [3.63, 3.8) is 0 Å². The van der Waals surface area contributed by atoms with Gasteiger partial charge in [-0.1, -0.05) is 0 Å². The summed E-state index contributed by atoms with van der Waals surface area (Å²) in [6, 6.07) is 5.94. The molecule has 0 atom stereocenters. The summed E-state index contributed by atoms with van der Waals surface area (Å²) in [5.74, 6) is -1.09. The van der Waals surface area contributed by atoms with E-state index in [0.717, 1.165) is 36.2 Å². The molecule has 2 aliphatic rings. The third-order valence-electron chi connectivity index (χ3n) is 5.24. The fraction of sp³-hybridized carbons (Fsp3) is 0.263. The van der Waals surface area contributed by atoms with Crippen molar-refractivity contribution in [2.24, 2.45) is 0 Å². The predicted octanol–water partition coefficient (Wildman–Crippen LogP) is 3.20. The van der Waals surface area contributed by atoms with E-state index in [2.05, 4.69) is 21.4 Å². The van der Waals surface area contributed by atoms with Crippen molar-refractivity contribution < 1.29 is 15.4 Å². The van der Waals surface area contributed by atoms with Crippen LogP contribution in [0.15, 0.2) is 36.0 Å². The molecular weight excluding hydrogens is 367 g/mol. The largest absolute Gasteiger partial charge is 0.328 e. The summed E-state index contributed by atoms with van der Waals surface area (Å²) in [5.41, 5.74) is 1.79. The number of hydrogen-bond acceptors (Lipinski definition) is 5. The lowest BCUT2D eigenvalue weighted by atomic mass is 9.84. The van der Waals surface area contributed by atoms with Crippen molar-refractivity contribution in [3.05, 3.63) is 52.9 Å². The molecule has 0 bridgehead atoms. The maximum absolute atomic E-state index is 13.0. The Kier molecular flexibility index (Phi) is 3.51. The van der Waals surface area contributed by atoms with E-state index < -0.39 is 11.7 Å². The quantitative estimate of drug-likeness (QED) is 0.752. The standard InChI is InChI=1S/C19H15FN4O2S.H2/c20-11-7-21-18(22-8-11)23-15(25)9-24-10-19(4-5-19)16-12-3-6-27-14(12)2-1-13(16)17(24)26;/h1-3,6-8H,4-5,9-10H2,(H,21,22,23,25);1H. The number of rotatable bonds is 3. The minimum atomic E-state index is -0.578. The van der Waals surface area contributed by atoms with E-state index in [1.54, 1.807) is 16.2 Å². The molecule has 0 saturated heterocycles. The number of hydrogen-bond donors (Lipinski definition) is 1. The molecule has 1 fully saturated rings. The lowest BCUT2D eigenvalue weighted by Crippen LogP contribution is -2.46. The van der Waals surface area contributed by atoms with Crippen molar-refractivity contribution in [1.29, 1.82) is 0 Å². The highest BCUT2D eigenvalue weighted by molar-refractivity contribution is 7.17. The summed E-state index contributed by atoms with van der Waals surface area (Å²) >= 11 is 1.67. The van der Waals surface area contributed by atoms with E-state index in [0.29, 0.717) is 12.1 Å². The minimum absolute atomic E-state index is 0. The zero-order valence-corrected chi connectivity index (χ0v) is 15.1. The molecule has 3 aromatic rings. The van der Waals surface area contributed by atoms with Crippen LogP contribution in [0.25, 0.3) is 10.1 Å². The second kappa shape index (κ2) is 5.82. The van der Waals surface area contributed by atoms with Crippen LogP contribution in [0.2, 0.25) is 0 Å². The Labute approximate surface area is 159 Å². The Morgan fingerprint density at radius 3 is 2.81 bits per heavy atom. The maximum atomic E-state index is 13.0. The molecule has 1 N–H and O–H groups in total. The third kappa shape index (κ3) is 2.68. The van der Waals surface area contributed by atoms with E-state index in [4.69, 9.17) is 0 Å². The number of aromatic nitrogens is 2.